The van der Waals surface area contributed by atoms with Crippen LogP contribution < -0.4 is 16.4 Å². The summed E-state index contributed by atoms with van der Waals surface area (Å²) >= 11 is 0. The van der Waals surface area contributed by atoms with Gasteiger partial charge in [0, 0.05) is 51.7 Å². The lowest BCUT2D eigenvalue weighted by atomic mass is 10.0. The van der Waals surface area contributed by atoms with Crippen LogP contribution in [0.1, 0.15) is 37.5 Å². The third kappa shape index (κ3) is 7.67. The molecule has 33 heavy (non-hydrogen) atoms. The maximum absolute atomic E-state index is 12.3. The molecule has 1 heterocycles. The van der Waals surface area contributed by atoms with E-state index < -0.39 is 5.60 Å². The van der Waals surface area contributed by atoms with Gasteiger partial charge in [0.2, 0.25) is 5.90 Å². The van der Waals surface area contributed by atoms with Crippen LogP contribution in [0.5, 0.6) is 0 Å². The number of nitrogens with two attached hydrogens (primary N) is 1. The Morgan fingerprint density at radius 1 is 1.18 bits per heavy atom. The fourth-order valence-corrected chi connectivity index (χ4v) is 3.46. The molecule has 0 radical (unpaired) electrons. The molecule has 0 bridgehead atoms. The minimum Gasteiger partial charge on any atom is -0.444 e. The smallest absolute Gasteiger partial charge is 0.410 e. The van der Waals surface area contributed by atoms with Gasteiger partial charge in [-0.1, -0.05) is 6.07 Å². The summed E-state index contributed by atoms with van der Waals surface area (Å²) < 4.78 is 10.7. The number of benzene rings is 1. The first kappa shape index (κ1) is 26.0. The lowest BCUT2D eigenvalue weighted by molar-refractivity contribution is 0.0139. The Labute approximate surface area is 196 Å². The molecule has 0 aliphatic carbocycles. The van der Waals surface area contributed by atoms with Gasteiger partial charge in [-0.2, -0.15) is 0 Å². The average molecular weight is 460 g/mol. The molecule has 2 rings (SSSR count). The van der Waals surface area contributed by atoms with Gasteiger partial charge in [-0.15, -0.1) is 0 Å². The van der Waals surface area contributed by atoms with Crippen molar-refractivity contribution in [1.82, 2.24) is 15.1 Å². The number of nitrogens with one attached hydrogen (secondary N) is 4. The van der Waals surface area contributed by atoms with Gasteiger partial charge in [0.05, 0.1) is 0 Å². The number of rotatable bonds is 5. The molecule has 6 N–H and O–H groups in total. The van der Waals surface area contributed by atoms with E-state index in [-0.39, 0.29) is 23.7 Å². The highest BCUT2D eigenvalue weighted by molar-refractivity contribution is 6.01. The Morgan fingerprint density at radius 2 is 1.82 bits per heavy atom. The van der Waals surface area contributed by atoms with Crippen molar-refractivity contribution in [2.24, 2.45) is 5.73 Å². The second kappa shape index (κ2) is 11.0. The van der Waals surface area contributed by atoms with E-state index in [4.69, 9.17) is 26.0 Å². The van der Waals surface area contributed by atoms with Crippen molar-refractivity contribution >= 4 is 23.7 Å². The number of carbonyl (C=O) groups excluding carboxylic acids is 1. The summed E-state index contributed by atoms with van der Waals surface area (Å²) in [5.74, 6) is -0.245. The van der Waals surface area contributed by atoms with Crippen molar-refractivity contribution in [2.45, 2.75) is 46.8 Å². The number of amides is 1. The van der Waals surface area contributed by atoms with Crippen LogP contribution in [-0.4, -0.2) is 66.6 Å². The average Bonchev–Trinajstić information content (AvgIpc) is 2.71. The van der Waals surface area contributed by atoms with Gasteiger partial charge in [0.25, 0.3) is 6.02 Å². The molecule has 1 aliphatic heterocycles. The number of aryl methyl sites for hydroxylation is 1. The summed E-state index contributed by atoms with van der Waals surface area (Å²) in [7, 11) is 1.62. The zero-order valence-corrected chi connectivity index (χ0v) is 20.5. The van der Waals surface area contributed by atoms with Crippen LogP contribution in [0.4, 0.5) is 10.5 Å². The predicted molar refractivity (Wildman–Crippen MR) is 130 cm³/mol. The van der Waals surface area contributed by atoms with E-state index in [2.05, 4.69) is 21.6 Å². The van der Waals surface area contributed by atoms with Gasteiger partial charge in [-0.25, -0.2) is 4.79 Å². The Balaban J connectivity index is 2.00. The first-order valence-electron chi connectivity index (χ1n) is 11.0. The summed E-state index contributed by atoms with van der Waals surface area (Å²) in [5.41, 5.74) is 9.16. The number of carbonyl (C=O) groups is 1. The van der Waals surface area contributed by atoms with Crippen LogP contribution in [0.15, 0.2) is 24.0 Å². The van der Waals surface area contributed by atoms with Gasteiger partial charge in [-0.05, 0) is 57.4 Å². The van der Waals surface area contributed by atoms with Gasteiger partial charge in [0.1, 0.15) is 11.3 Å². The zero-order valence-electron chi connectivity index (χ0n) is 20.5. The number of hydrogen-bond acceptors (Lipinski definition) is 8. The SMILES string of the molecule is CN/C(=C\N)C(=N)OC(=N)Nc1cc(C)cc(CN2CCN(C(=O)OC(C)(C)C)CC2)c1C. The number of hydrogen-bond donors (Lipinski definition) is 5. The highest BCUT2D eigenvalue weighted by atomic mass is 16.6. The Morgan fingerprint density at radius 3 is 2.36 bits per heavy atom. The summed E-state index contributed by atoms with van der Waals surface area (Å²) in [6, 6.07) is 3.81. The van der Waals surface area contributed by atoms with E-state index in [0.717, 1.165) is 42.0 Å². The monoisotopic (exact) mass is 459 g/mol. The van der Waals surface area contributed by atoms with Crippen LogP contribution in [-0.2, 0) is 16.0 Å². The molecule has 1 amide bonds. The van der Waals surface area contributed by atoms with Crippen molar-refractivity contribution in [2.75, 3.05) is 38.5 Å². The number of piperazine rings is 1. The Bertz CT molecular complexity index is 913. The summed E-state index contributed by atoms with van der Waals surface area (Å²) in [6.07, 6.45) is 0.948. The molecule has 0 unspecified atom stereocenters. The van der Waals surface area contributed by atoms with Crippen molar-refractivity contribution in [1.29, 1.82) is 10.8 Å². The number of nitrogens with zero attached hydrogens (tertiary/aromatic N) is 2. The van der Waals surface area contributed by atoms with E-state index >= 15 is 0 Å². The number of ether oxygens (including phenoxy) is 2. The van der Waals surface area contributed by atoms with E-state index in [1.54, 1.807) is 11.9 Å². The molecule has 1 aliphatic rings. The maximum Gasteiger partial charge on any atom is 0.410 e. The van der Waals surface area contributed by atoms with Gasteiger partial charge in [0.15, 0.2) is 0 Å². The van der Waals surface area contributed by atoms with Crippen LogP contribution in [0.3, 0.4) is 0 Å². The second-order valence-corrected chi connectivity index (χ2v) is 9.06. The quantitative estimate of drug-likeness (QED) is 0.337. The molecular weight excluding hydrogens is 422 g/mol. The van der Waals surface area contributed by atoms with Crippen molar-refractivity contribution in [3.05, 3.63) is 40.7 Å². The van der Waals surface area contributed by atoms with Crippen molar-refractivity contribution in [3.63, 3.8) is 0 Å². The molecule has 10 nitrogen and oxygen atoms in total. The standard InChI is InChI=1S/C23H37N7O3/c1-15-11-17(14-29-7-9-30(10-8-29)22(31)33-23(3,4)5)16(2)18(12-15)28-21(26)32-20(25)19(13-24)27-6/h11-13,25,27H,7-10,14,24H2,1-6H3,(H2,26,28)/b19-13-,25-20?. The molecular formula is C23H37N7O3. The Kier molecular flexibility index (Phi) is 8.69. The first-order valence-corrected chi connectivity index (χ1v) is 11.0. The molecule has 1 saturated heterocycles. The van der Waals surface area contributed by atoms with E-state index in [9.17, 15) is 4.79 Å². The van der Waals surface area contributed by atoms with E-state index in [1.807, 2.05) is 40.7 Å². The summed E-state index contributed by atoms with van der Waals surface area (Å²) in [4.78, 5) is 16.3. The zero-order chi connectivity index (χ0) is 24.8. The largest absolute Gasteiger partial charge is 0.444 e. The molecule has 1 aromatic carbocycles. The predicted octanol–water partition coefficient (Wildman–Crippen LogP) is 2.72. The van der Waals surface area contributed by atoms with Crippen LogP contribution in [0.2, 0.25) is 0 Å². The first-order chi connectivity index (χ1) is 15.4. The molecule has 1 aromatic rings. The van der Waals surface area contributed by atoms with Gasteiger partial charge in [-0.3, -0.25) is 15.7 Å². The fourth-order valence-electron chi connectivity index (χ4n) is 3.46. The third-order valence-corrected chi connectivity index (χ3v) is 5.21. The lowest BCUT2D eigenvalue weighted by Crippen LogP contribution is -2.49. The van der Waals surface area contributed by atoms with Crippen molar-refractivity contribution < 1.29 is 14.3 Å². The highest BCUT2D eigenvalue weighted by Gasteiger charge is 2.26. The molecule has 10 heteroatoms. The number of anilines is 1. The fraction of sp³-hybridized carbons (Fsp3) is 0.522. The lowest BCUT2D eigenvalue weighted by Gasteiger charge is -2.36. The minimum atomic E-state index is -0.499. The van der Waals surface area contributed by atoms with Gasteiger partial charge < -0.3 is 30.7 Å². The molecule has 1 fully saturated rings. The molecule has 0 atom stereocenters. The molecule has 182 valence electrons. The van der Waals surface area contributed by atoms with E-state index in [0.29, 0.717) is 13.1 Å². The summed E-state index contributed by atoms with van der Waals surface area (Å²) in [5, 5.41) is 21.7. The molecule has 0 aromatic heterocycles. The second-order valence-electron chi connectivity index (χ2n) is 9.06. The highest BCUT2D eigenvalue weighted by Crippen LogP contribution is 2.24. The maximum atomic E-state index is 12.3. The van der Waals surface area contributed by atoms with E-state index in [1.165, 1.54) is 6.20 Å². The molecule has 0 saturated carbocycles. The van der Waals surface area contributed by atoms with Crippen LogP contribution >= 0.6 is 0 Å². The third-order valence-electron chi connectivity index (χ3n) is 5.21. The Hall–Kier alpha value is -3.27. The van der Waals surface area contributed by atoms with Gasteiger partial charge >= 0.3 is 6.09 Å². The van der Waals surface area contributed by atoms with Crippen molar-refractivity contribution in [3.8, 4) is 0 Å². The summed E-state index contributed by atoms with van der Waals surface area (Å²) in [6.45, 7) is 13.1. The van der Waals surface area contributed by atoms with Crippen LogP contribution in [0, 0.1) is 24.7 Å². The minimum absolute atomic E-state index is 0.245. The normalized spacial score (nSPS) is 15.1. The number of amidine groups is 1. The number of likely N-dealkylation sites (N-methyl/N-ethyl adjacent to an activating group) is 1. The van der Waals surface area contributed by atoms with Crippen LogP contribution in [0.25, 0.3) is 0 Å². The topological polar surface area (TPSA) is 140 Å². The molecule has 0 spiro atoms.